The molecule has 1 aliphatic rings. The van der Waals surface area contributed by atoms with Gasteiger partial charge in [0.25, 0.3) is 0 Å². The lowest BCUT2D eigenvalue weighted by Gasteiger charge is -2.13. The van der Waals surface area contributed by atoms with Crippen LogP contribution in [0.25, 0.3) is 0 Å². The van der Waals surface area contributed by atoms with E-state index in [9.17, 15) is 10.2 Å². The molecule has 0 spiro atoms. The fraction of sp³-hybridized carbons (Fsp3) is 0.571. The number of aliphatic hydroxyl groups is 1. The number of aliphatic hydroxyl groups excluding tert-OH is 1. The zero-order valence-electron chi connectivity index (χ0n) is 11.0. The van der Waals surface area contributed by atoms with Crippen molar-refractivity contribution in [3.8, 4) is 11.5 Å². The molecule has 0 amide bonds. The van der Waals surface area contributed by atoms with E-state index in [4.69, 9.17) is 16.3 Å². The highest BCUT2D eigenvalue weighted by Crippen LogP contribution is 2.33. The molecule has 0 aliphatic heterocycles. The predicted molar refractivity (Wildman–Crippen MR) is 74.7 cm³/mol. The molecule has 2 atom stereocenters. The average molecular weight is 286 g/mol. The SMILES string of the molecule is COc1cc(Cl)cc(CNCC2CCC(O)C2)c1O. The van der Waals surface area contributed by atoms with Crippen LogP contribution in [-0.4, -0.2) is 30.0 Å². The van der Waals surface area contributed by atoms with Crippen LogP contribution in [0.5, 0.6) is 11.5 Å². The molecule has 1 aliphatic carbocycles. The van der Waals surface area contributed by atoms with Gasteiger partial charge in [-0.25, -0.2) is 0 Å². The quantitative estimate of drug-likeness (QED) is 0.777. The summed E-state index contributed by atoms with van der Waals surface area (Å²) >= 11 is 5.97. The molecule has 4 nitrogen and oxygen atoms in total. The summed E-state index contributed by atoms with van der Waals surface area (Å²) in [6, 6.07) is 3.32. The lowest BCUT2D eigenvalue weighted by atomic mass is 10.1. The van der Waals surface area contributed by atoms with Crippen LogP contribution >= 0.6 is 11.6 Å². The Hall–Kier alpha value is -0.970. The normalized spacial score (nSPS) is 22.7. The molecule has 1 aromatic rings. The highest BCUT2D eigenvalue weighted by molar-refractivity contribution is 6.30. The minimum absolute atomic E-state index is 0.130. The summed E-state index contributed by atoms with van der Waals surface area (Å²) in [6.45, 7) is 1.38. The molecule has 3 N–H and O–H groups in total. The maximum atomic E-state index is 9.98. The summed E-state index contributed by atoms with van der Waals surface area (Å²) in [4.78, 5) is 0. The van der Waals surface area contributed by atoms with Crippen LogP contribution in [0.3, 0.4) is 0 Å². The highest BCUT2D eigenvalue weighted by Gasteiger charge is 2.22. The Kier molecular flexibility index (Phi) is 4.91. The third-order valence-corrected chi connectivity index (χ3v) is 3.82. The number of methoxy groups -OCH3 is 1. The summed E-state index contributed by atoms with van der Waals surface area (Å²) in [5, 5.41) is 23.3. The summed E-state index contributed by atoms with van der Waals surface area (Å²) in [6.07, 6.45) is 2.66. The first kappa shape index (κ1) is 14.4. The van der Waals surface area contributed by atoms with Gasteiger partial charge in [0.15, 0.2) is 11.5 Å². The molecular formula is C14H20ClNO3. The van der Waals surface area contributed by atoms with Gasteiger partial charge in [0.1, 0.15) is 0 Å². The van der Waals surface area contributed by atoms with Gasteiger partial charge < -0.3 is 20.3 Å². The van der Waals surface area contributed by atoms with Crippen LogP contribution in [0.1, 0.15) is 24.8 Å². The van der Waals surface area contributed by atoms with E-state index in [2.05, 4.69) is 5.32 Å². The zero-order valence-corrected chi connectivity index (χ0v) is 11.8. The third-order valence-electron chi connectivity index (χ3n) is 3.60. The summed E-state index contributed by atoms with van der Waals surface area (Å²) in [7, 11) is 1.50. The smallest absolute Gasteiger partial charge is 0.162 e. The predicted octanol–water partition coefficient (Wildman–Crippen LogP) is 2.30. The van der Waals surface area contributed by atoms with Gasteiger partial charge in [0.2, 0.25) is 0 Å². The number of phenols is 1. The van der Waals surface area contributed by atoms with Crippen molar-refractivity contribution in [2.45, 2.75) is 31.9 Å². The molecule has 0 heterocycles. The first-order valence-corrected chi connectivity index (χ1v) is 6.92. The molecule has 5 heteroatoms. The van der Waals surface area contributed by atoms with Gasteiger partial charge in [-0.15, -0.1) is 0 Å². The second-order valence-electron chi connectivity index (χ2n) is 5.08. The van der Waals surface area contributed by atoms with Gasteiger partial charge in [-0.1, -0.05) is 11.6 Å². The molecule has 0 aromatic heterocycles. The summed E-state index contributed by atoms with van der Waals surface area (Å²) in [5.41, 5.74) is 0.725. The molecule has 2 unspecified atom stereocenters. The number of ether oxygens (including phenoxy) is 1. The van der Waals surface area contributed by atoms with Crippen LogP contribution in [0, 0.1) is 5.92 Å². The van der Waals surface area contributed by atoms with Gasteiger partial charge in [-0.3, -0.25) is 0 Å². The largest absolute Gasteiger partial charge is 0.504 e. The first-order chi connectivity index (χ1) is 9.10. The maximum absolute atomic E-state index is 9.98. The van der Waals surface area contributed by atoms with Crippen LogP contribution in [0.2, 0.25) is 5.02 Å². The molecule has 106 valence electrons. The Balaban J connectivity index is 1.90. The van der Waals surface area contributed by atoms with E-state index >= 15 is 0 Å². The number of halogens is 1. The van der Waals surface area contributed by atoms with Gasteiger partial charge in [-0.2, -0.15) is 0 Å². The van der Waals surface area contributed by atoms with Crippen molar-refractivity contribution in [3.05, 3.63) is 22.7 Å². The lowest BCUT2D eigenvalue weighted by molar-refractivity contribution is 0.177. The Labute approximate surface area is 118 Å². The number of hydrogen-bond acceptors (Lipinski definition) is 4. The van der Waals surface area contributed by atoms with Crippen molar-refractivity contribution >= 4 is 11.6 Å². The van der Waals surface area contributed by atoms with Crippen molar-refractivity contribution in [3.63, 3.8) is 0 Å². The molecule has 1 fully saturated rings. The second-order valence-corrected chi connectivity index (χ2v) is 5.52. The number of rotatable bonds is 5. The summed E-state index contributed by atoms with van der Waals surface area (Å²) < 4.78 is 5.07. The highest BCUT2D eigenvalue weighted by atomic mass is 35.5. The topological polar surface area (TPSA) is 61.7 Å². The van der Waals surface area contributed by atoms with Crippen molar-refractivity contribution in [2.75, 3.05) is 13.7 Å². The van der Waals surface area contributed by atoms with E-state index in [1.807, 2.05) is 0 Å². The molecule has 19 heavy (non-hydrogen) atoms. The van der Waals surface area contributed by atoms with E-state index in [1.54, 1.807) is 12.1 Å². The van der Waals surface area contributed by atoms with Crippen molar-refractivity contribution in [1.29, 1.82) is 0 Å². The number of benzene rings is 1. The molecule has 0 radical (unpaired) electrons. The third kappa shape index (κ3) is 3.75. The summed E-state index contributed by atoms with van der Waals surface area (Å²) in [5.74, 6) is 1.03. The second kappa shape index (κ2) is 6.46. The van der Waals surface area contributed by atoms with Crippen molar-refractivity contribution < 1.29 is 14.9 Å². The first-order valence-electron chi connectivity index (χ1n) is 6.54. The minimum atomic E-state index is -0.147. The number of hydrogen-bond donors (Lipinski definition) is 3. The van der Waals surface area contributed by atoms with Gasteiger partial charge in [0, 0.05) is 23.2 Å². The Morgan fingerprint density at radius 2 is 2.21 bits per heavy atom. The minimum Gasteiger partial charge on any atom is -0.504 e. The molecular weight excluding hydrogens is 266 g/mol. The van der Waals surface area contributed by atoms with E-state index in [0.717, 1.165) is 31.4 Å². The lowest BCUT2D eigenvalue weighted by Crippen LogP contribution is -2.21. The van der Waals surface area contributed by atoms with E-state index in [0.29, 0.717) is 23.2 Å². The van der Waals surface area contributed by atoms with Crippen LogP contribution in [0.4, 0.5) is 0 Å². The molecule has 0 bridgehead atoms. The Bertz CT molecular complexity index is 439. The monoisotopic (exact) mass is 285 g/mol. The molecule has 1 saturated carbocycles. The molecule has 2 rings (SSSR count). The number of nitrogens with one attached hydrogen (secondary N) is 1. The van der Waals surface area contributed by atoms with Gasteiger partial charge in [-0.05, 0) is 37.8 Å². The average Bonchev–Trinajstić information content (AvgIpc) is 2.79. The van der Waals surface area contributed by atoms with Crippen molar-refractivity contribution in [1.82, 2.24) is 5.32 Å². The van der Waals surface area contributed by atoms with Crippen molar-refractivity contribution in [2.24, 2.45) is 5.92 Å². The maximum Gasteiger partial charge on any atom is 0.162 e. The Morgan fingerprint density at radius 1 is 1.42 bits per heavy atom. The number of aromatic hydroxyl groups is 1. The standard InChI is InChI=1S/C14H20ClNO3/c1-19-13-6-11(15)5-10(14(13)18)8-16-7-9-2-3-12(17)4-9/h5-6,9,12,16-18H,2-4,7-8H2,1H3. The molecule has 1 aromatic carbocycles. The van der Waals surface area contributed by atoms with Gasteiger partial charge >= 0.3 is 0 Å². The zero-order chi connectivity index (χ0) is 13.8. The Morgan fingerprint density at radius 3 is 2.84 bits per heavy atom. The molecule has 0 saturated heterocycles. The van der Waals surface area contributed by atoms with Crippen LogP contribution in [-0.2, 0) is 6.54 Å². The van der Waals surface area contributed by atoms with Gasteiger partial charge in [0.05, 0.1) is 13.2 Å². The van der Waals surface area contributed by atoms with E-state index in [1.165, 1.54) is 7.11 Å². The fourth-order valence-electron chi connectivity index (χ4n) is 2.56. The van der Waals surface area contributed by atoms with Crippen LogP contribution < -0.4 is 10.1 Å². The fourth-order valence-corrected chi connectivity index (χ4v) is 2.79. The van der Waals surface area contributed by atoms with E-state index in [-0.39, 0.29) is 11.9 Å². The van der Waals surface area contributed by atoms with Crippen LogP contribution in [0.15, 0.2) is 12.1 Å². The number of phenolic OH excluding ortho intramolecular Hbond substituents is 1. The van der Waals surface area contributed by atoms with E-state index < -0.39 is 0 Å².